The van der Waals surface area contributed by atoms with Gasteiger partial charge >= 0.3 is 6.18 Å². The lowest BCUT2D eigenvalue weighted by Crippen LogP contribution is -2.53. The van der Waals surface area contributed by atoms with Crippen LogP contribution in [-0.2, 0) is 26.3 Å². The van der Waals surface area contributed by atoms with Gasteiger partial charge in [0.05, 0.1) is 27.8 Å². The standard InChI is InChI=1S/C23H17F4N3O3S/c24-17-7-10-19(11-8-17)34(32,33)14-22(29,16-4-2-1-3-5-16)21(31)30-18-9-6-15(13-28)20(12-18)23(25,26)27/h1-12H,14,29H2,(H,30,31)/t22-/m1/s1. The van der Waals surface area contributed by atoms with E-state index in [-0.39, 0.29) is 16.1 Å². The lowest BCUT2D eigenvalue weighted by atomic mass is 9.92. The molecule has 1 atom stereocenters. The molecule has 3 aromatic rings. The Labute approximate surface area is 192 Å². The van der Waals surface area contributed by atoms with Crippen molar-refractivity contribution in [1.29, 1.82) is 5.26 Å². The molecule has 176 valence electrons. The van der Waals surface area contributed by atoms with E-state index in [1.165, 1.54) is 30.3 Å². The highest BCUT2D eigenvalue weighted by Crippen LogP contribution is 2.34. The van der Waals surface area contributed by atoms with E-state index in [4.69, 9.17) is 11.0 Å². The van der Waals surface area contributed by atoms with Crippen LogP contribution in [0.25, 0.3) is 0 Å². The summed E-state index contributed by atoms with van der Waals surface area (Å²) in [7, 11) is -4.24. The van der Waals surface area contributed by atoms with E-state index in [1.54, 1.807) is 6.07 Å². The number of alkyl halides is 3. The fourth-order valence-electron chi connectivity index (χ4n) is 3.24. The van der Waals surface area contributed by atoms with Crippen LogP contribution in [0.4, 0.5) is 23.2 Å². The number of rotatable bonds is 6. The lowest BCUT2D eigenvalue weighted by Gasteiger charge is -2.29. The molecule has 0 unspecified atom stereocenters. The van der Waals surface area contributed by atoms with Gasteiger partial charge in [-0.05, 0) is 48.0 Å². The number of carbonyl (C=O) groups is 1. The summed E-state index contributed by atoms with van der Waals surface area (Å²) in [5, 5.41) is 11.2. The zero-order valence-corrected chi connectivity index (χ0v) is 18.1. The second-order valence-corrected chi connectivity index (χ2v) is 9.36. The first-order chi connectivity index (χ1) is 15.9. The predicted molar refractivity (Wildman–Crippen MR) is 116 cm³/mol. The van der Waals surface area contributed by atoms with Gasteiger partial charge in [0, 0.05) is 5.69 Å². The Kier molecular flexibility index (Phi) is 6.77. The van der Waals surface area contributed by atoms with Crippen LogP contribution in [0.5, 0.6) is 0 Å². The molecule has 6 nitrogen and oxygen atoms in total. The molecular formula is C23H17F4N3O3S. The number of benzene rings is 3. The highest BCUT2D eigenvalue weighted by atomic mass is 32.2. The molecule has 0 spiro atoms. The second-order valence-electron chi connectivity index (χ2n) is 7.37. The van der Waals surface area contributed by atoms with Crippen molar-refractivity contribution in [2.24, 2.45) is 5.73 Å². The Morgan fingerprint density at radius 1 is 1.00 bits per heavy atom. The smallest absolute Gasteiger partial charge is 0.324 e. The highest BCUT2D eigenvalue weighted by Gasteiger charge is 2.42. The van der Waals surface area contributed by atoms with Crippen LogP contribution in [0.1, 0.15) is 16.7 Å². The molecular weight excluding hydrogens is 474 g/mol. The van der Waals surface area contributed by atoms with E-state index in [0.717, 1.165) is 36.4 Å². The number of amides is 1. The van der Waals surface area contributed by atoms with Gasteiger partial charge in [0.1, 0.15) is 11.4 Å². The van der Waals surface area contributed by atoms with Crippen molar-refractivity contribution in [2.75, 3.05) is 11.1 Å². The van der Waals surface area contributed by atoms with Crippen LogP contribution >= 0.6 is 0 Å². The fraction of sp³-hybridized carbons (Fsp3) is 0.130. The van der Waals surface area contributed by atoms with Crippen LogP contribution in [0.2, 0.25) is 0 Å². The summed E-state index contributed by atoms with van der Waals surface area (Å²) < 4.78 is 79.1. The zero-order valence-electron chi connectivity index (χ0n) is 17.3. The average molecular weight is 491 g/mol. The van der Waals surface area contributed by atoms with Gasteiger partial charge in [-0.3, -0.25) is 4.79 Å². The summed E-state index contributed by atoms with van der Waals surface area (Å²) >= 11 is 0. The van der Waals surface area contributed by atoms with Crippen LogP contribution in [0.15, 0.2) is 77.7 Å². The topological polar surface area (TPSA) is 113 Å². The summed E-state index contributed by atoms with van der Waals surface area (Å²) in [5.41, 5.74) is 1.92. The third kappa shape index (κ3) is 5.24. The Balaban J connectivity index is 2.03. The Hall–Kier alpha value is -3.75. The quantitative estimate of drug-likeness (QED) is 0.400. The van der Waals surface area contributed by atoms with Crippen molar-refractivity contribution in [2.45, 2.75) is 16.6 Å². The molecule has 0 fully saturated rings. The number of halogens is 4. The van der Waals surface area contributed by atoms with Crippen LogP contribution in [-0.4, -0.2) is 20.1 Å². The van der Waals surface area contributed by atoms with Gasteiger partial charge in [-0.15, -0.1) is 0 Å². The van der Waals surface area contributed by atoms with Gasteiger partial charge < -0.3 is 11.1 Å². The Morgan fingerprint density at radius 2 is 1.62 bits per heavy atom. The van der Waals surface area contributed by atoms with E-state index in [2.05, 4.69) is 5.32 Å². The molecule has 3 aromatic carbocycles. The van der Waals surface area contributed by atoms with Crippen LogP contribution in [0.3, 0.4) is 0 Å². The van der Waals surface area contributed by atoms with Gasteiger partial charge in [0.15, 0.2) is 9.84 Å². The van der Waals surface area contributed by atoms with Gasteiger partial charge in [0.2, 0.25) is 5.91 Å². The molecule has 0 aromatic heterocycles. The molecule has 34 heavy (non-hydrogen) atoms. The first-order valence-corrected chi connectivity index (χ1v) is 11.3. The molecule has 1 amide bonds. The number of nitrogens with one attached hydrogen (secondary N) is 1. The number of hydrogen-bond donors (Lipinski definition) is 2. The predicted octanol–water partition coefficient (Wildman–Crippen LogP) is 3.98. The maximum Gasteiger partial charge on any atom is 0.417 e. The number of hydrogen-bond acceptors (Lipinski definition) is 5. The van der Waals surface area contributed by atoms with Crippen molar-refractivity contribution in [3.63, 3.8) is 0 Å². The molecule has 0 aliphatic carbocycles. The lowest BCUT2D eigenvalue weighted by molar-refractivity contribution is -0.137. The van der Waals surface area contributed by atoms with Gasteiger partial charge in [-0.25, -0.2) is 12.8 Å². The maximum absolute atomic E-state index is 13.3. The molecule has 11 heteroatoms. The summed E-state index contributed by atoms with van der Waals surface area (Å²) in [5.74, 6) is -2.72. The third-order valence-corrected chi connectivity index (χ3v) is 6.81. The van der Waals surface area contributed by atoms with Crippen molar-refractivity contribution < 1.29 is 30.8 Å². The van der Waals surface area contributed by atoms with Crippen molar-refractivity contribution in [1.82, 2.24) is 0 Å². The fourth-order valence-corrected chi connectivity index (χ4v) is 4.85. The summed E-state index contributed by atoms with van der Waals surface area (Å²) in [6, 6.07) is 15.3. The van der Waals surface area contributed by atoms with Crippen molar-refractivity contribution in [3.05, 3.63) is 95.3 Å². The minimum absolute atomic E-state index is 0.0860. The van der Waals surface area contributed by atoms with Crippen molar-refractivity contribution >= 4 is 21.4 Å². The number of anilines is 1. The SMILES string of the molecule is N#Cc1ccc(NC(=O)[C@@](N)(CS(=O)(=O)c2ccc(F)cc2)c2ccccc2)cc1C(F)(F)F. The molecule has 0 radical (unpaired) electrons. The van der Waals surface area contributed by atoms with Crippen molar-refractivity contribution in [3.8, 4) is 6.07 Å². The minimum atomic E-state index is -4.86. The molecule has 3 N–H and O–H groups in total. The Bertz CT molecular complexity index is 1350. The first-order valence-electron chi connectivity index (χ1n) is 9.62. The summed E-state index contributed by atoms with van der Waals surface area (Å²) in [6.07, 6.45) is -4.86. The van der Waals surface area contributed by atoms with E-state index in [9.17, 15) is 30.8 Å². The van der Waals surface area contributed by atoms with Gasteiger partial charge in [-0.2, -0.15) is 18.4 Å². The molecule has 0 heterocycles. The number of nitrogens with two attached hydrogens (primary N) is 1. The van der Waals surface area contributed by atoms with E-state index in [1.807, 2.05) is 0 Å². The number of carbonyl (C=O) groups excluding carboxylic acids is 1. The maximum atomic E-state index is 13.3. The number of nitriles is 1. The molecule has 0 saturated carbocycles. The molecule has 0 saturated heterocycles. The van der Waals surface area contributed by atoms with E-state index < -0.39 is 50.2 Å². The zero-order chi connectivity index (χ0) is 25.1. The monoisotopic (exact) mass is 491 g/mol. The van der Waals surface area contributed by atoms with Crippen LogP contribution in [0, 0.1) is 17.1 Å². The second kappa shape index (κ2) is 9.24. The van der Waals surface area contributed by atoms with Gasteiger partial charge in [0.25, 0.3) is 0 Å². The first kappa shape index (κ1) is 24.9. The van der Waals surface area contributed by atoms with Gasteiger partial charge in [-0.1, -0.05) is 30.3 Å². The van der Waals surface area contributed by atoms with E-state index >= 15 is 0 Å². The average Bonchev–Trinajstić information content (AvgIpc) is 2.79. The summed E-state index contributed by atoms with van der Waals surface area (Å²) in [6.45, 7) is 0. The van der Waals surface area contributed by atoms with E-state index in [0.29, 0.717) is 6.07 Å². The minimum Gasteiger partial charge on any atom is -0.324 e. The molecule has 0 bridgehead atoms. The highest BCUT2D eigenvalue weighted by molar-refractivity contribution is 7.91. The number of sulfone groups is 1. The Morgan fingerprint density at radius 3 is 2.18 bits per heavy atom. The largest absolute Gasteiger partial charge is 0.417 e. The normalized spacial score (nSPS) is 13.5. The molecule has 0 aliphatic rings. The van der Waals surface area contributed by atoms with Crippen LogP contribution < -0.4 is 11.1 Å². The molecule has 3 rings (SSSR count). The number of nitrogens with zero attached hydrogens (tertiary/aromatic N) is 1. The summed E-state index contributed by atoms with van der Waals surface area (Å²) in [4.78, 5) is 12.9. The third-order valence-electron chi connectivity index (χ3n) is 4.99. The molecule has 0 aliphatic heterocycles.